The second-order valence-corrected chi connectivity index (χ2v) is 5.64. The van der Waals surface area contributed by atoms with Crippen LogP contribution in [0, 0.1) is 11.7 Å². The molecule has 1 saturated heterocycles. The lowest BCUT2D eigenvalue weighted by Crippen LogP contribution is -2.49. The van der Waals surface area contributed by atoms with Crippen LogP contribution in [-0.2, 0) is 0 Å². The van der Waals surface area contributed by atoms with Crippen LogP contribution < -0.4 is 5.73 Å². The highest BCUT2D eigenvalue weighted by atomic mass is 79.9. The molecule has 1 amide bonds. The molecule has 0 radical (unpaired) electrons. The molecule has 1 aliphatic heterocycles. The first-order valence-electron chi connectivity index (χ1n) is 5.99. The highest BCUT2D eigenvalue weighted by molar-refractivity contribution is 9.10. The number of rotatable bonds is 1. The van der Waals surface area contributed by atoms with Crippen LogP contribution >= 0.6 is 15.9 Å². The summed E-state index contributed by atoms with van der Waals surface area (Å²) < 4.78 is 14.2. The van der Waals surface area contributed by atoms with Gasteiger partial charge in [0.1, 0.15) is 5.82 Å². The van der Waals surface area contributed by atoms with Crippen LogP contribution in [0.1, 0.15) is 23.7 Å². The van der Waals surface area contributed by atoms with Crippen molar-refractivity contribution in [2.24, 2.45) is 11.7 Å². The Bertz CT molecular complexity index is 466. The van der Waals surface area contributed by atoms with E-state index in [9.17, 15) is 9.18 Å². The van der Waals surface area contributed by atoms with E-state index in [4.69, 9.17) is 5.73 Å². The van der Waals surface area contributed by atoms with Crippen molar-refractivity contribution in [2.75, 3.05) is 13.1 Å². The Hall–Kier alpha value is -0.940. The molecule has 0 aromatic heterocycles. The van der Waals surface area contributed by atoms with Crippen molar-refractivity contribution in [3.63, 3.8) is 0 Å². The summed E-state index contributed by atoms with van der Waals surface area (Å²) in [6, 6.07) is 4.72. The zero-order chi connectivity index (χ0) is 13.3. The minimum atomic E-state index is -0.505. The second-order valence-electron chi connectivity index (χ2n) is 4.78. The lowest BCUT2D eigenvalue weighted by atomic mass is 9.94. The van der Waals surface area contributed by atoms with Crippen molar-refractivity contribution in [1.82, 2.24) is 4.90 Å². The molecule has 1 heterocycles. The first kappa shape index (κ1) is 13.5. The number of halogens is 2. The molecule has 1 fully saturated rings. The van der Waals surface area contributed by atoms with Crippen molar-refractivity contribution in [3.8, 4) is 0 Å². The summed E-state index contributed by atoms with van der Waals surface area (Å²) in [6.45, 7) is 3.21. The average molecular weight is 315 g/mol. The van der Waals surface area contributed by atoms with Crippen LogP contribution in [0.5, 0.6) is 0 Å². The van der Waals surface area contributed by atoms with Gasteiger partial charge in [-0.15, -0.1) is 0 Å². The first-order valence-corrected chi connectivity index (χ1v) is 6.79. The van der Waals surface area contributed by atoms with E-state index < -0.39 is 5.82 Å². The van der Waals surface area contributed by atoms with Gasteiger partial charge in [-0.2, -0.15) is 0 Å². The topological polar surface area (TPSA) is 46.3 Å². The summed E-state index contributed by atoms with van der Waals surface area (Å²) in [5.74, 6) is -0.382. The number of nitrogens with zero attached hydrogens (tertiary/aromatic N) is 1. The zero-order valence-corrected chi connectivity index (χ0v) is 11.8. The summed E-state index contributed by atoms with van der Waals surface area (Å²) in [5, 5.41) is 0. The number of nitrogens with two attached hydrogens (primary N) is 1. The Kier molecular flexibility index (Phi) is 4.02. The fourth-order valence-electron chi connectivity index (χ4n) is 2.12. The molecule has 2 rings (SSSR count). The molecule has 2 N–H and O–H groups in total. The molecular weight excluding hydrogens is 299 g/mol. The molecule has 1 aromatic rings. The number of piperidine rings is 1. The summed E-state index contributed by atoms with van der Waals surface area (Å²) in [6.07, 6.45) is 0.864. The van der Waals surface area contributed by atoms with Crippen LogP contribution in [-0.4, -0.2) is 29.9 Å². The van der Waals surface area contributed by atoms with E-state index in [0.29, 0.717) is 23.5 Å². The standard InChI is InChI=1S/C13H16BrFN2O/c1-8-5-6-17(7-11(8)16)13(18)9-3-2-4-10(14)12(9)15/h2-4,8,11H,5-7,16H2,1H3. The third kappa shape index (κ3) is 2.57. The molecule has 3 nitrogen and oxygen atoms in total. The fraction of sp³-hybridized carbons (Fsp3) is 0.462. The van der Waals surface area contributed by atoms with E-state index in [1.54, 1.807) is 17.0 Å². The molecule has 98 valence electrons. The fourth-order valence-corrected chi connectivity index (χ4v) is 2.49. The number of amides is 1. The number of carbonyl (C=O) groups is 1. The van der Waals surface area contributed by atoms with Gasteiger partial charge >= 0.3 is 0 Å². The number of likely N-dealkylation sites (tertiary alicyclic amines) is 1. The Balaban J connectivity index is 2.19. The predicted octanol–water partition coefficient (Wildman–Crippen LogP) is 2.40. The van der Waals surface area contributed by atoms with Gasteiger partial charge in [0.2, 0.25) is 0 Å². The van der Waals surface area contributed by atoms with Crippen LogP contribution in [0.25, 0.3) is 0 Å². The molecule has 0 aliphatic carbocycles. The quantitative estimate of drug-likeness (QED) is 0.865. The maximum Gasteiger partial charge on any atom is 0.256 e. The van der Waals surface area contributed by atoms with Crippen molar-refractivity contribution < 1.29 is 9.18 Å². The number of carbonyl (C=O) groups excluding carboxylic acids is 1. The molecule has 0 bridgehead atoms. The van der Waals surface area contributed by atoms with Crippen molar-refractivity contribution in [3.05, 3.63) is 34.1 Å². The SMILES string of the molecule is CC1CCN(C(=O)c2cccc(Br)c2F)CC1N. The summed E-state index contributed by atoms with van der Waals surface area (Å²) in [5.41, 5.74) is 6.06. The number of hydrogen-bond donors (Lipinski definition) is 1. The highest BCUT2D eigenvalue weighted by Gasteiger charge is 2.28. The largest absolute Gasteiger partial charge is 0.337 e. The first-order chi connectivity index (χ1) is 8.50. The molecule has 18 heavy (non-hydrogen) atoms. The van der Waals surface area contributed by atoms with Gasteiger partial charge in [-0.1, -0.05) is 13.0 Å². The van der Waals surface area contributed by atoms with E-state index in [-0.39, 0.29) is 17.5 Å². The van der Waals surface area contributed by atoms with E-state index >= 15 is 0 Å². The third-order valence-electron chi connectivity index (χ3n) is 3.49. The molecule has 1 aliphatic rings. The lowest BCUT2D eigenvalue weighted by Gasteiger charge is -2.35. The molecule has 0 spiro atoms. The third-order valence-corrected chi connectivity index (χ3v) is 4.10. The Labute approximate surface area is 114 Å². The Morgan fingerprint density at radius 3 is 2.94 bits per heavy atom. The summed E-state index contributed by atoms with van der Waals surface area (Å²) in [4.78, 5) is 13.9. The van der Waals surface area contributed by atoms with Crippen LogP contribution in [0.2, 0.25) is 0 Å². The van der Waals surface area contributed by atoms with Crippen LogP contribution in [0.3, 0.4) is 0 Å². The van der Waals surface area contributed by atoms with E-state index in [2.05, 4.69) is 22.9 Å². The van der Waals surface area contributed by atoms with E-state index in [1.165, 1.54) is 6.07 Å². The molecule has 0 saturated carbocycles. The summed E-state index contributed by atoms with van der Waals surface area (Å²) in [7, 11) is 0. The van der Waals surface area contributed by atoms with Gasteiger partial charge in [0.15, 0.2) is 0 Å². The van der Waals surface area contributed by atoms with Gasteiger partial charge in [0, 0.05) is 19.1 Å². The van der Waals surface area contributed by atoms with E-state index in [1.807, 2.05) is 0 Å². The van der Waals surface area contributed by atoms with E-state index in [0.717, 1.165) is 6.42 Å². The van der Waals surface area contributed by atoms with Crippen molar-refractivity contribution in [2.45, 2.75) is 19.4 Å². The molecule has 2 unspecified atom stereocenters. The monoisotopic (exact) mass is 314 g/mol. The smallest absolute Gasteiger partial charge is 0.256 e. The van der Waals surface area contributed by atoms with Gasteiger partial charge < -0.3 is 10.6 Å². The zero-order valence-electron chi connectivity index (χ0n) is 10.2. The lowest BCUT2D eigenvalue weighted by molar-refractivity contribution is 0.0667. The number of hydrogen-bond acceptors (Lipinski definition) is 2. The maximum absolute atomic E-state index is 13.9. The van der Waals surface area contributed by atoms with Gasteiger partial charge in [0.05, 0.1) is 10.0 Å². The highest BCUT2D eigenvalue weighted by Crippen LogP contribution is 2.22. The van der Waals surface area contributed by atoms with Gasteiger partial charge in [-0.05, 0) is 40.4 Å². The van der Waals surface area contributed by atoms with Gasteiger partial charge in [0.25, 0.3) is 5.91 Å². The molecule has 5 heteroatoms. The predicted molar refractivity (Wildman–Crippen MR) is 71.8 cm³/mol. The molecular formula is C13H16BrFN2O. The minimum absolute atomic E-state index is 0.0297. The van der Waals surface area contributed by atoms with Gasteiger partial charge in [-0.3, -0.25) is 4.79 Å². The van der Waals surface area contributed by atoms with Crippen LogP contribution in [0.15, 0.2) is 22.7 Å². The Morgan fingerprint density at radius 2 is 2.28 bits per heavy atom. The van der Waals surface area contributed by atoms with Crippen LogP contribution in [0.4, 0.5) is 4.39 Å². The molecule has 2 atom stereocenters. The van der Waals surface area contributed by atoms with Crippen molar-refractivity contribution >= 4 is 21.8 Å². The normalized spacial score (nSPS) is 24.1. The van der Waals surface area contributed by atoms with Crippen molar-refractivity contribution in [1.29, 1.82) is 0 Å². The Morgan fingerprint density at radius 1 is 1.56 bits per heavy atom. The number of benzene rings is 1. The minimum Gasteiger partial charge on any atom is -0.337 e. The average Bonchev–Trinajstić information content (AvgIpc) is 2.35. The van der Waals surface area contributed by atoms with Gasteiger partial charge in [-0.25, -0.2) is 4.39 Å². The summed E-state index contributed by atoms with van der Waals surface area (Å²) >= 11 is 3.09. The molecule has 1 aromatic carbocycles. The maximum atomic E-state index is 13.9. The second kappa shape index (κ2) is 5.36.